The Kier molecular flexibility index (Phi) is 3.11. The van der Waals surface area contributed by atoms with Gasteiger partial charge in [0, 0.05) is 5.02 Å². The first-order chi connectivity index (χ1) is 8.75. The van der Waals surface area contributed by atoms with Crippen molar-refractivity contribution in [3.05, 3.63) is 70.7 Å². The molecule has 1 aliphatic carbocycles. The lowest BCUT2D eigenvalue weighted by molar-refractivity contribution is 0.151. The highest BCUT2D eigenvalue weighted by Crippen LogP contribution is 2.53. The summed E-state index contributed by atoms with van der Waals surface area (Å²) >= 11 is 5.85. The molecule has 0 aromatic heterocycles. The second-order valence-electron chi connectivity index (χ2n) is 4.91. The van der Waals surface area contributed by atoms with E-state index in [4.69, 9.17) is 11.6 Å². The van der Waals surface area contributed by atoms with Gasteiger partial charge in [-0.15, -0.1) is 0 Å². The second-order valence-corrected chi connectivity index (χ2v) is 5.35. The molecule has 3 atom stereocenters. The Bertz CT molecular complexity index is 521. The molecule has 2 heteroatoms. The van der Waals surface area contributed by atoms with Gasteiger partial charge in [-0.05, 0) is 41.5 Å². The highest BCUT2D eigenvalue weighted by Gasteiger charge is 2.43. The van der Waals surface area contributed by atoms with Gasteiger partial charge < -0.3 is 5.11 Å². The zero-order valence-corrected chi connectivity index (χ0v) is 10.7. The predicted octanol–water partition coefficient (Wildman–Crippen LogP) is 4.18. The Balaban J connectivity index is 1.73. The van der Waals surface area contributed by atoms with Gasteiger partial charge in [-0.25, -0.2) is 0 Å². The van der Waals surface area contributed by atoms with Crippen LogP contribution in [0.2, 0.25) is 5.02 Å². The number of hydrogen-bond donors (Lipinski definition) is 1. The lowest BCUT2D eigenvalue weighted by atomic mass is 10.0. The van der Waals surface area contributed by atoms with E-state index < -0.39 is 0 Å². The molecule has 0 aliphatic heterocycles. The summed E-state index contributed by atoms with van der Waals surface area (Å²) in [5.74, 6) is 0.838. The summed E-state index contributed by atoms with van der Waals surface area (Å²) in [6.07, 6.45) is 0.681. The Morgan fingerprint density at radius 3 is 2.33 bits per heavy atom. The maximum atomic E-state index is 10.3. The van der Waals surface area contributed by atoms with Gasteiger partial charge in [-0.2, -0.15) is 0 Å². The van der Waals surface area contributed by atoms with Gasteiger partial charge in [-0.1, -0.05) is 54.1 Å². The van der Waals surface area contributed by atoms with Crippen molar-refractivity contribution in [2.45, 2.75) is 18.4 Å². The Hall–Kier alpha value is -1.31. The molecule has 3 rings (SSSR count). The first-order valence-corrected chi connectivity index (χ1v) is 6.62. The molecular weight excluding hydrogens is 244 g/mol. The molecule has 0 amide bonds. The van der Waals surface area contributed by atoms with Crippen molar-refractivity contribution < 1.29 is 5.11 Å². The van der Waals surface area contributed by atoms with E-state index in [1.807, 2.05) is 30.3 Å². The first kappa shape index (κ1) is 11.8. The molecule has 3 unspecified atom stereocenters. The predicted molar refractivity (Wildman–Crippen MR) is 73.7 cm³/mol. The van der Waals surface area contributed by atoms with Crippen LogP contribution >= 0.6 is 11.6 Å². The summed E-state index contributed by atoms with van der Waals surface area (Å²) in [5, 5.41) is 11.0. The van der Waals surface area contributed by atoms with Gasteiger partial charge in [0.25, 0.3) is 0 Å². The lowest BCUT2D eigenvalue weighted by Gasteiger charge is -2.11. The number of hydrogen-bond acceptors (Lipinski definition) is 1. The third-order valence-electron chi connectivity index (χ3n) is 3.68. The van der Waals surface area contributed by atoms with Gasteiger partial charge in [0.1, 0.15) is 0 Å². The van der Waals surface area contributed by atoms with Crippen LogP contribution in [0.4, 0.5) is 0 Å². The van der Waals surface area contributed by atoms with E-state index in [9.17, 15) is 5.11 Å². The van der Waals surface area contributed by atoms with Crippen LogP contribution in [0.25, 0.3) is 0 Å². The van der Waals surface area contributed by atoms with Crippen LogP contribution in [0.5, 0.6) is 0 Å². The smallest absolute Gasteiger partial charge is 0.0824 e. The van der Waals surface area contributed by atoms with Crippen molar-refractivity contribution in [3.63, 3.8) is 0 Å². The van der Waals surface area contributed by atoms with Crippen molar-refractivity contribution in [3.8, 4) is 0 Å². The Labute approximate surface area is 112 Å². The van der Waals surface area contributed by atoms with Crippen LogP contribution in [0.15, 0.2) is 54.6 Å². The van der Waals surface area contributed by atoms with E-state index in [0.29, 0.717) is 16.9 Å². The normalized spacial score (nSPS) is 23.7. The van der Waals surface area contributed by atoms with Crippen LogP contribution in [0, 0.1) is 5.92 Å². The number of rotatable bonds is 3. The van der Waals surface area contributed by atoms with Crippen LogP contribution in [-0.4, -0.2) is 5.11 Å². The fourth-order valence-corrected chi connectivity index (χ4v) is 2.68. The van der Waals surface area contributed by atoms with Crippen LogP contribution in [0.3, 0.4) is 0 Å². The standard InChI is InChI=1S/C16H15ClO/c17-13-8-6-12(7-9-13)16(18)15-10-14(15)11-4-2-1-3-5-11/h1-9,14-16,18H,10H2. The highest BCUT2D eigenvalue weighted by molar-refractivity contribution is 6.30. The molecule has 1 fully saturated rings. The zero-order chi connectivity index (χ0) is 12.5. The van der Waals surface area contributed by atoms with Crippen molar-refractivity contribution in [2.24, 2.45) is 5.92 Å². The van der Waals surface area contributed by atoms with Crippen molar-refractivity contribution >= 4 is 11.6 Å². The summed E-state index contributed by atoms with van der Waals surface area (Å²) in [6.45, 7) is 0. The minimum Gasteiger partial charge on any atom is -0.388 e. The number of aliphatic hydroxyl groups excluding tert-OH is 1. The molecule has 18 heavy (non-hydrogen) atoms. The topological polar surface area (TPSA) is 20.2 Å². The Morgan fingerprint density at radius 1 is 1.00 bits per heavy atom. The maximum absolute atomic E-state index is 10.3. The van der Waals surface area contributed by atoms with Crippen LogP contribution in [-0.2, 0) is 0 Å². The van der Waals surface area contributed by atoms with Gasteiger partial charge >= 0.3 is 0 Å². The van der Waals surface area contributed by atoms with E-state index in [0.717, 1.165) is 12.0 Å². The number of halogens is 1. The van der Waals surface area contributed by atoms with E-state index in [1.54, 1.807) is 0 Å². The molecule has 1 N–H and O–H groups in total. The number of aliphatic hydroxyl groups is 1. The van der Waals surface area contributed by atoms with Gasteiger partial charge in [0.2, 0.25) is 0 Å². The van der Waals surface area contributed by atoms with Crippen molar-refractivity contribution in [1.82, 2.24) is 0 Å². The monoisotopic (exact) mass is 258 g/mol. The fourth-order valence-electron chi connectivity index (χ4n) is 2.55. The highest BCUT2D eigenvalue weighted by atomic mass is 35.5. The van der Waals surface area contributed by atoms with Gasteiger partial charge in [0.15, 0.2) is 0 Å². The largest absolute Gasteiger partial charge is 0.388 e. The van der Waals surface area contributed by atoms with Crippen molar-refractivity contribution in [2.75, 3.05) is 0 Å². The van der Waals surface area contributed by atoms with E-state index in [2.05, 4.69) is 24.3 Å². The number of benzene rings is 2. The average molecular weight is 259 g/mol. The average Bonchev–Trinajstić information content (AvgIpc) is 3.20. The molecule has 1 saturated carbocycles. The lowest BCUT2D eigenvalue weighted by Crippen LogP contribution is -2.01. The maximum Gasteiger partial charge on any atom is 0.0824 e. The molecule has 0 saturated heterocycles. The molecule has 1 nitrogen and oxygen atoms in total. The Morgan fingerprint density at radius 2 is 1.67 bits per heavy atom. The molecular formula is C16H15ClO. The molecule has 1 aliphatic rings. The van der Waals surface area contributed by atoms with Gasteiger partial charge in [0.05, 0.1) is 6.10 Å². The van der Waals surface area contributed by atoms with E-state index in [-0.39, 0.29) is 6.10 Å². The first-order valence-electron chi connectivity index (χ1n) is 6.24. The van der Waals surface area contributed by atoms with E-state index in [1.165, 1.54) is 5.56 Å². The summed E-state index contributed by atoms with van der Waals surface area (Å²) in [7, 11) is 0. The van der Waals surface area contributed by atoms with Gasteiger partial charge in [-0.3, -0.25) is 0 Å². The molecule has 0 bridgehead atoms. The molecule has 0 spiro atoms. The molecule has 0 radical (unpaired) electrons. The second kappa shape index (κ2) is 4.75. The summed E-state index contributed by atoms with van der Waals surface area (Å²) in [6, 6.07) is 17.9. The minimum atomic E-state index is -0.382. The molecule has 92 valence electrons. The zero-order valence-electron chi connectivity index (χ0n) is 9.96. The third kappa shape index (κ3) is 2.29. The summed E-state index contributed by atoms with van der Waals surface area (Å²) in [5.41, 5.74) is 2.29. The fraction of sp³-hybridized carbons (Fsp3) is 0.250. The third-order valence-corrected chi connectivity index (χ3v) is 3.94. The molecule has 2 aromatic rings. The minimum absolute atomic E-state index is 0.341. The molecule has 2 aromatic carbocycles. The van der Waals surface area contributed by atoms with Crippen molar-refractivity contribution in [1.29, 1.82) is 0 Å². The SMILES string of the molecule is OC(c1ccc(Cl)cc1)C1CC1c1ccccc1. The quantitative estimate of drug-likeness (QED) is 0.876. The summed E-state index contributed by atoms with van der Waals surface area (Å²) < 4.78 is 0. The summed E-state index contributed by atoms with van der Waals surface area (Å²) in [4.78, 5) is 0. The van der Waals surface area contributed by atoms with Crippen LogP contribution < -0.4 is 0 Å². The molecule has 0 heterocycles. The van der Waals surface area contributed by atoms with Crippen LogP contribution in [0.1, 0.15) is 29.6 Å². The van der Waals surface area contributed by atoms with E-state index >= 15 is 0 Å².